The lowest BCUT2D eigenvalue weighted by Gasteiger charge is -2.55. The number of aryl methyl sites for hydroxylation is 2. The number of carbonyl (C=O) groups is 3. The van der Waals surface area contributed by atoms with Crippen molar-refractivity contribution in [3.63, 3.8) is 0 Å². The first-order valence-corrected chi connectivity index (χ1v) is 13.8. The second-order valence-corrected chi connectivity index (χ2v) is 11.0. The lowest BCUT2D eigenvalue weighted by Crippen LogP contribution is -2.73. The number of hydrogen-bond acceptors (Lipinski definition) is 8. The average Bonchev–Trinajstić information content (AvgIpc) is 3.30. The molecule has 1 saturated heterocycles. The van der Waals surface area contributed by atoms with Crippen LogP contribution < -0.4 is 10.1 Å². The Morgan fingerprint density at radius 2 is 2.02 bits per heavy atom. The van der Waals surface area contributed by atoms with Crippen LogP contribution in [0.15, 0.2) is 47.7 Å². The van der Waals surface area contributed by atoms with E-state index in [2.05, 4.69) is 10.3 Å². The van der Waals surface area contributed by atoms with E-state index in [1.807, 2.05) is 12.1 Å². The normalized spacial score (nSPS) is 21.2. The number of aliphatic carboxylic acids is 1. The van der Waals surface area contributed by atoms with Gasteiger partial charge in [-0.2, -0.15) is 0 Å². The molecule has 3 aliphatic rings. The highest BCUT2D eigenvalue weighted by molar-refractivity contribution is 8.00. The summed E-state index contributed by atoms with van der Waals surface area (Å²) in [5.41, 5.74) is 5.27. The molecule has 2 aromatic carbocycles. The summed E-state index contributed by atoms with van der Waals surface area (Å²) in [5, 5.41) is 23.5. The highest BCUT2D eigenvalue weighted by atomic mass is 32.2. The van der Waals surface area contributed by atoms with Crippen LogP contribution in [-0.2, 0) is 32.0 Å². The molecule has 4 N–H and O–H groups in total. The van der Waals surface area contributed by atoms with Gasteiger partial charge >= 0.3 is 11.9 Å². The van der Waals surface area contributed by atoms with Gasteiger partial charge in [0.1, 0.15) is 35.3 Å². The number of carboxylic acids is 1. The third-order valence-electron chi connectivity index (χ3n) is 7.42. The Kier molecular flexibility index (Phi) is 6.67. The minimum atomic E-state index is -1.25. The highest BCUT2D eigenvalue weighted by Gasteiger charge is 2.53. The number of halogens is 1. The Hall–Kier alpha value is -4.03. The van der Waals surface area contributed by atoms with Crippen molar-refractivity contribution >= 4 is 40.5 Å². The van der Waals surface area contributed by atoms with Gasteiger partial charge < -0.3 is 34.9 Å². The van der Waals surface area contributed by atoms with Crippen molar-refractivity contribution in [3.8, 4) is 17.0 Å². The van der Waals surface area contributed by atoms with Crippen LogP contribution in [0, 0.1) is 5.82 Å². The molecule has 12 heteroatoms. The number of amides is 1. The molecule has 1 fully saturated rings. The number of aliphatic hydroxyl groups is 1. The molecule has 0 unspecified atom stereocenters. The fourth-order valence-corrected chi connectivity index (χ4v) is 6.98. The molecule has 3 atom stereocenters. The molecule has 0 radical (unpaired) electrons. The number of aliphatic hydroxyl groups excluding tert-OH is 1. The van der Waals surface area contributed by atoms with Crippen LogP contribution in [0.5, 0.6) is 5.75 Å². The van der Waals surface area contributed by atoms with Gasteiger partial charge in [-0.05, 0) is 60.4 Å². The number of ether oxygens (including phenoxy) is 2. The molecule has 208 valence electrons. The molecule has 6 rings (SSSR count). The molecule has 1 aliphatic carbocycles. The maximum atomic E-state index is 13.8. The highest BCUT2D eigenvalue weighted by Crippen LogP contribution is 2.43. The summed E-state index contributed by atoms with van der Waals surface area (Å²) in [7, 11) is 0. The summed E-state index contributed by atoms with van der Waals surface area (Å²) in [6, 6.07) is 9.62. The van der Waals surface area contributed by atoms with E-state index in [1.165, 1.54) is 29.7 Å². The van der Waals surface area contributed by atoms with Crippen molar-refractivity contribution in [2.45, 2.75) is 37.4 Å². The molecule has 0 saturated carbocycles. The number of H-pyrrole nitrogens is 1. The summed E-state index contributed by atoms with van der Waals surface area (Å²) in [5.74, 6) is -1.68. The summed E-state index contributed by atoms with van der Waals surface area (Å²) in [6.07, 6.45) is 0.250. The van der Waals surface area contributed by atoms with E-state index in [1.54, 1.807) is 18.2 Å². The maximum Gasteiger partial charge on any atom is 0.352 e. The second kappa shape index (κ2) is 10.2. The largest absolute Gasteiger partial charge is 0.484 e. The molecular weight excluding hydrogens is 541 g/mol. The zero-order valence-corrected chi connectivity index (χ0v) is 22.2. The summed E-state index contributed by atoms with van der Waals surface area (Å²) in [4.78, 5) is 40.4. The van der Waals surface area contributed by atoms with Gasteiger partial charge in [0, 0.05) is 40.4 Å². The lowest BCUT2D eigenvalue weighted by molar-refractivity contribution is -0.149. The maximum absolute atomic E-state index is 13.8. The Labute approximate surface area is 232 Å². The monoisotopic (exact) mass is 567 g/mol. The van der Waals surface area contributed by atoms with Crippen molar-refractivity contribution in [1.82, 2.24) is 15.2 Å². The second-order valence-electron chi connectivity index (χ2n) is 9.93. The van der Waals surface area contributed by atoms with Crippen LogP contribution >= 0.6 is 11.8 Å². The summed E-state index contributed by atoms with van der Waals surface area (Å²) < 4.78 is 24.5. The number of aromatic nitrogens is 1. The van der Waals surface area contributed by atoms with Gasteiger partial charge in [0.05, 0.1) is 0 Å². The molecule has 3 heterocycles. The zero-order chi connectivity index (χ0) is 28.1. The summed E-state index contributed by atoms with van der Waals surface area (Å²) >= 11 is 1.35. The number of nitrogens with one attached hydrogen (secondary N) is 2. The number of thioether (sulfide) groups is 1. The van der Waals surface area contributed by atoms with E-state index < -0.39 is 35.5 Å². The zero-order valence-electron chi connectivity index (χ0n) is 21.4. The van der Waals surface area contributed by atoms with E-state index in [0.717, 1.165) is 46.1 Å². The summed E-state index contributed by atoms with van der Waals surface area (Å²) in [6.45, 7) is 0.778. The number of rotatable bonds is 7. The van der Waals surface area contributed by atoms with Gasteiger partial charge in [-0.15, -0.1) is 11.8 Å². The topological polar surface area (TPSA) is 141 Å². The van der Waals surface area contributed by atoms with E-state index in [0.29, 0.717) is 11.3 Å². The van der Waals surface area contributed by atoms with Crippen LogP contribution in [0.4, 0.5) is 4.39 Å². The van der Waals surface area contributed by atoms with Crippen molar-refractivity contribution < 1.29 is 38.5 Å². The van der Waals surface area contributed by atoms with Crippen molar-refractivity contribution in [1.29, 1.82) is 0 Å². The number of nitrogens with zero attached hydrogens (tertiary/aromatic N) is 1. The number of hydrogen-bond donors (Lipinski definition) is 4. The minimum absolute atomic E-state index is 0.114. The first kappa shape index (κ1) is 26.2. The van der Waals surface area contributed by atoms with Crippen LogP contribution in [0.3, 0.4) is 0 Å². The van der Waals surface area contributed by atoms with Crippen molar-refractivity contribution in [3.05, 3.63) is 64.6 Å². The first-order chi connectivity index (χ1) is 19.2. The molecule has 10 nitrogen and oxygen atoms in total. The predicted molar refractivity (Wildman–Crippen MR) is 144 cm³/mol. The number of fused-ring (bicyclic) bond motifs is 6. The van der Waals surface area contributed by atoms with E-state index >= 15 is 0 Å². The van der Waals surface area contributed by atoms with Gasteiger partial charge in [0.15, 0.2) is 12.8 Å². The van der Waals surface area contributed by atoms with Crippen molar-refractivity contribution in [2.24, 2.45) is 0 Å². The number of esters is 1. The van der Waals surface area contributed by atoms with Gasteiger partial charge in [-0.25, -0.2) is 9.18 Å². The van der Waals surface area contributed by atoms with Gasteiger partial charge in [0.2, 0.25) is 0 Å². The fourth-order valence-electron chi connectivity index (χ4n) is 5.59. The molecule has 2 aliphatic heterocycles. The van der Waals surface area contributed by atoms with E-state index in [-0.39, 0.29) is 30.5 Å². The van der Waals surface area contributed by atoms with Gasteiger partial charge in [-0.1, -0.05) is 0 Å². The van der Waals surface area contributed by atoms with Crippen LogP contribution in [0.25, 0.3) is 22.2 Å². The molecule has 0 bridgehead atoms. The molecule has 1 aromatic heterocycles. The van der Waals surface area contributed by atoms with E-state index in [9.17, 15) is 29.0 Å². The van der Waals surface area contributed by atoms with Crippen LogP contribution in [0.1, 0.15) is 18.1 Å². The third-order valence-corrected chi connectivity index (χ3v) is 8.79. The number of aromatic amines is 1. The SMILES string of the molecule is CC(=O)OCC1=C(C(=O)O)N2[C@H](O)[C@@H](NC(=O)COc3ccc4c(c3)CCc3c-4[nH]c4ccc(F)cc34)[C@H]2SC1. The fraction of sp³-hybridized carbons (Fsp3) is 0.321. The van der Waals surface area contributed by atoms with Gasteiger partial charge in [-0.3, -0.25) is 9.59 Å². The number of benzene rings is 2. The smallest absolute Gasteiger partial charge is 0.352 e. The van der Waals surface area contributed by atoms with E-state index in [4.69, 9.17) is 9.47 Å². The Balaban J connectivity index is 1.09. The third kappa shape index (κ3) is 4.56. The minimum Gasteiger partial charge on any atom is -0.484 e. The predicted octanol–water partition coefficient (Wildman–Crippen LogP) is 2.54. The molecule has 0 spiro atoms. The first-order valence-electron chi connectivity index (χ1n) is 12.7. The Morgan fingerprint density at radius 3 is 2.80 bits per heavy atom. The van der Waals surface area contributed by atoms with Crippen LogP contribution in [-0.4, -0.2) is 74.6 Å². The average molecular weight is 568 g/mol. The van der Waals surface area contributed by atoms with Crippen LogP contribution in [0.2, 0.25) is 0 Å². The van der Waals surface area contributed by atoms with Crippen molar-refractivity contribution in [2.75, 3.05) is 19.0 Å². The quantitative estimate of drug-likeness (QED) is 0.317. The molecule has 40 heavy (non-hydrogen) atoms. The number of carbonyl (C=O) groups excluding carboxylic acids is 2. The molecule has 3 aromatic rings. The standard InChI is InChI=1S/C28H26FN3O7S/c1-13(33)38-10-15-12-40-27-24(26(35)32(27)25(15)28(36)37)31-22(34)11-39-17-4-6-18-14(8-17)2-5-19-20-9-16(29)3-7-21(20)30-23(18)19/h3-4,6-9,24,26-27,30,35H,2,5,10-12H2,1H3,(H,31,34)(H,36,37)/t24-,26-,27-/m1/s1. The number of carboxylic acid groups (broad SMARTS) is 1. The molecular formula is C28H26FN3O7S. The Bertz CT molecular complexity index is 1590. The Morgan fingerprint density at radius 1 is 1.20 bits per heavy atom. The lowest BCUT2D eigenvalue weighted by atomic mass is 9.89. The molecule has 1 amide bonds. The van der Waals surface area contributed by atoms with Gasteiger partial charge in [0.25, 0.3) is 5.91 Å².